The summed E-state index contributed by atoms with van der Waals surface area (Å²) in [6.07, 6.45) is 0. The summed E-state index contributed by atoms with van der Waals surface area (Å²) in [7, 11) is 23.7. The van der Waals surface area contributed by atoms with Gasteiger partial charge >= 0.3 is 0 Å². The summed E-state index contributed by atoms with van der Waals surface area (Å²) in [4.78, 5) is 26.4. The van der Waals surface area contributed by atoms with Gasteiger partial charge in [-0.2, -0.15) is 0 Å². The minimum atomic E-state index is 0.793. The second kappa shape index (κ2) is 10.7. The highest BCUT2D eigenvalue weighted by molar-refractivity contribution is 5.86. The Morgan fingerprint density at radius 1 is 0.400 bits per heavy atom. The third-order valence-electron chi connectivity index (χ3n) is 3.97. The Hall–Kier alpha value is -2.97. The van der Waals surface area contributed by atoms with Gasteiger partial charge in [0.25, 0.3) is 0 Å². The van der Waals surface area contributed by atoms with E-state index in [1.165, 1.54) is 0 Å². The standard InChI is InChI=1S/C21H39N9/c1-25(2)19(26(3)4)22-16-13-17(23-20(27(5)6)28(7)8)15-18(14-16)24-21(29(9)10)30(11)12/h13-15H,1-12H3. The number of guanidine groups is 3. The molecule has 0 aliphatic rings. The predicted octanol–water partition coefficient (Wildman–Crippen LogP) is 2.02. The molecule has 0 heterocycles. The van der Waals surface area contributed by atoms with Gasteiger partial charge in [-0.25, -0.2) is 15.0 Å². The number of hydrogen-bond acceptors (Lipinski definition) is 3. The van der Waals surface area contributed by atoms with Gasteiger partial charge in [0.2, 0.25) is 17.9 Å². The van der Waals surface area contributed by atoms with E-state index in [0.29, 0.717) is 0 Å². The molecular formula is C21H39N9. The second-order valence-corrected chi connectivity index (χ2v) is 8.31. The monoisotopic (exact) mass is 417 g/mol. The van der Waals surface area contributed by atoms with E-state index in [0.717, 1.165) is 34.9 Å². The molecule has 0 bridgehead atoms. The van der Waals surface area contributed by atoms with Crippen molar-refractivity contribution >= 4 is 34.9 Å². The topological polar surface area (TPSA) is 56.5 Å². The molecule has 1 aromatic rings. The fourth-order valence-electron chi connectivity index (χ4n) is 2.92. The van der Waals surface area contributed by atoms with Gasteiger partial charge in [-0.05, 0) is 18.2 Å². The third-order valence-corrected chi connectivity index (χ3v) is 3.97. The number of rotatable bonds is 3. The van der Waals surface area contributed by atoms with E-state index in [1.807, 2.05) is 132 Å². The van der Waals surface area contributed by atoms with Crippen molar-refractivity contribution in [2.45, 2.75) is 0 Å². The Kier molecular flexibility index (Phi) is 8.94. The number of aliphatic imine (C=N–C) groups is 3. The van der Waals surface area contributed by atoms with Crippen LogP contribution in [-0.2, 0) is 0 Å². The van der Waals surface area contributed by atoms with Gasteiger partial charge in [0.15, 0.2) is 0 Å². The molecule has 1 aromatic carbocycles. The zero-order valence-corrected chi connectivity index (χ0v) is 20.8. The average molecular weight is 418 g/mol. The predicted molar refractivity (Wildman–Crippen MR) is 130 cm³/mol. The van der Waals surface area contributed by atoms with Crippen LogP contribution in [0.4, 0.5) is 17.1 Å². The molecule has 0 saturated carbocycles. The van der Waals surface area contributed by atoms with Crippen molar-refractivity contribution in [3.63, 3.8) is 0 Å². The highest BCUT2D eigenvalue weighted by Gasteiger charge is 2.11. The summed E-state index contributed by atoms with van der Waals surface area (Å²) >= 11 is 0. The molecule has 9 nitrogen and oxygen atoms in total. The van der Waals surface area contributed by atoms with Crippen LogP contribution in [-0.4, -0.2) is 132 Å². The van der Waals surface area contributed by atoms with E-state index < -0.39 is 0 Å². The number of nitrogens with zero attached hydrogens (tertiary/aromatic N) is 9. The molecule has 0 amide bonds. The first-order valence-electron chi connectivity index (χ1n) is 9.78. The summed E-state index contributed by atoms with van der Waals surface area (Å²) < 4.78 is 0. The fraction of sp³-hybridized carbons (Fsp3) is 0.571. The Morgan fingerprint density at radius 3 is 0.700 bits per heavy atom. The minimum absolute atomic E-state index is 0.793. The molecule has 0 aliphatic heterocycles. The first-order chi connectivity index (χ1) is 13.8. The van der Waals surface area contributed by atoms with Crippen molar-refractivity contribution < 1.29 is 0 Å². The van der Waals surface area contributed by atoms with Crippen molar-refractivity contribution in [1.29, 1.82) is 0 Å². The van der Waals surface area contributed by atoms with E-state index in [4.69, 9.17) is 15.0 Å². The van der Waals surface area contributed by atoms with Gasteiger partial charge in [0.05, 0.1) is 17.1 Å². The van der Waals surface area contributed by atoms with Crippen molar-refractivity contribution in [2.75, 3.05) is 84.6 Å². The average Bonchev–Trinajstić information content (AvgIpc) is 2.60. The largest absolute Gasteiger partial charge is 0.349 e. The van der Waals surface area contributed by atoms with Gasteiger partial charge in [-0.3, -0.25) is 0 Å². The summed E-state index contributed by atoms with van der Waals surface area (Å²) in [5.74, 6) is 2.52. The van der Waals surface area contributed by atoms with Crippen molar-refractivity contribution in [2.24, 2.45) is 15.0 Å². The molecule has 0 fully saturated rings. The minimum Gasteiger partial charge on any atom is -0.349 e. The summed E-state index contributed by atoms with van der Waals surface area (Å²) in [5, 5.41) is 0. The van der Waals surface area contributed by atoms with Crippen LogP contribution in [0.5, 0.6) is 0 Å². The number of benzene rings is 1. The maximum absolute atomic E-state index is 4.85. The molecule has 1 rings (SSSR count). The van der Waals surface area contributed by atoms with E-state index >= 15 is 0 Å². The van der Waals surface area contributed by atoms with Crippen LogP contribution in [0.3, 0.4) is 0 Å². The van der Waals surface area contributed by atoms with Crippen LogP contribution in [0, 0.1) is 0 Å². The highest BCUT2D eigenvalue weighted by atomic mass is 15.3. The van der Waals surface area contributed by atoms with E-state index in [2.05, 4.69) is 0 Å². The Morgan fingerprint density at radius 2 is 0.567 bits per heavy atom. The van der Waals surface area contributed by atoms with Crippen LogP contribution in [0.25, 0.3) is 0 Å². The van der Waals surface area contributed by atoms with Gasteiger partial charge in [-0.1, -0.05) is 0 Å². The smallest absolute Gasteiger partial charge is 0.200 e. The SMILES string of the molecule is CN(C)C(=Nc1cc(N=C(N(C)C)N(C)C)cc(N=C(N(C)C)N(C)C)c1)N(C)C. The lowest BCUT2D eigenvalue weighted by molar-refractivity contribution is 0.483. The quantitative estimate of drug-likeness (QED) is 0.554. The lowest BCUT2D eigenvalue weighted by Crippen LogP contribution is -2.35. The molecule has 0 spiro atoms. The molecule has 0 atom stereocenters. The maximum atomic E-state index is 4.85. The molecular weight excluding hydrogens is 378 g/mol. The van der Waals surface area contributed by atoms with E-state index in [9.17, 15) is 0 Å². The maximum Gasteiger partial charge on any atom is 0.200 e. The van der Waals surface area contributed by atoms with Crippen LogP contribution in [0.1, 0.15) is 0 Å². The van der Waals surface area contributed by atoms with E-state index in [-0.39, 0.29) is 0 Å². The molecule has 9 heteroatoms. The third kappa shape index (κ3) is 7.13. The molecule has 0 radical (unpaired) electrons. The highest BCUT2D eigenvalue weighted by Crippen LogP contribution is 2.30. The first-order valence-corrected chi connectivity index (χ1v) is 9.78. The Balaban J connectivity index is 3.73. The zero-order chi connectivity index (χ0) is 23.2. The van der Waals surface area contributed by atoms with Crippen molar-refractivity contribution in [1.82, 2.24) is 29.4 Å². The van der Waals surface area contributed by atoms with Gasteiger partial charge < -0.3 is 29.4 Å². The lowest BCUT2D eigenvalue weighted by Gasteiger charge is -2.24. The van der Waals surface area contributed by atoms with Crippen LogP contribution in [0.15, 0.2) is 33.2 Å². The molecule has 0 N–H and O–H groups in total. The summed E-state index contributed by atoms with van der Waals surface area (Å²) in [6.45, 7) is 0. The fourth-order valence-corrected chi connectivity index (χ4v) is 2.92. The van der Waals surface area contributed by atoms with Crippen molar-refractivity contribution in [3.05, 3.63) is 18.2 Å². The normalized spacial score (nSPS) is 10.0. The molecule has 0 unspecified atom stereocenters. The van der Waals surface area contributed by atoms with Crippen molar-refractivity contribution in [3.8, 4) is 0 Å². The first kappa shape index (κ1) is 25.1. The van der Waals surface area contributed by atoms with Gasteiger partial charge in [-0.15, -0.1) is 0 Å². The molecule has 0 saturated heterocycles. The molecule has 168 valence electrons. The van der Waals surface area contributed by atoms with Crippen LogP contribution in [0.2, 0.25) is 0 Å². The molecule has 30 heavy (non-hydrogen) atoms. The van der Waals surface area contributed by atoms with Gasteiger partial charge in [0.1, 0.15) is 0 Å². The summed E-state index contributed by atoms with van der Waals surface area (Å²) in [6, 6.07) is 5.93. The molecule has 0 aliphatic carbocycles. The van der Waals surface area contributed by atoms with Crippen LogP contribution >= 0.6 is 0 Å². The zero-order valence-electron chi connectivity index (χ0n) is 20.8. The van der Waals surface area contributed by atoms with E-state index in [1.54, 1.807) is 0 Å². The van der Waals surface area contributed by atoms with Gasteiger partial charge in [0, 0.05) is 84.6 Å². The Labute approximate surface area is 182 Å². The van der Waals surface area contributed by atoms with Crippen LogP contribution < -0.4 is 0 Å². The lowest BCUT2D eigenvalue weighted by atomic mass is 10.2. The number of hydrogen-bond donors (Lipinski definition) is 0. The summed E-state index contributed by atoms with van der Waals surface area (Å²) in [5.41, 5.74) is 2.38. The Bertz CT molecular complexity index is 641. The second-order valence-electron chi connectivity index (χ2n) is 8.31. The molecule has 0 aromatic heterocycles.